The van der Waals surface area contributed by atoms with Crippen molar-refractivity contribution in [3.05, 3.63) is 214 Å². The van der Waals surface area contributed by atoms with Gasteiger partial charge in [0.25, 0.3) is 0 Å². The number of rotatable bonds is 8. The van der Waals surface area contributed by atoms with Gasteiger partial charge in [-0.15, -0.1) is 12.6 Å². The van der Waals surface area contributed by atoms with Gasteiger partial charge in [-0.1, -0.05) is 103 Å². The van der Waals surface area contributed by atoms with E-state index in [1.165, 1.54) is 0 Å². The topological polar surface area (TPSA) is 20.9 Å². The molecular weight excluding hydrogens is 1190 g/mol. The molecule has 0 saturated heterocycles. The Morgan fingerprint density at radius 2 is 0.639 bits per heavy atom. The van der Waals surface area contributed by atoms with Gasteiger partial charge < -0.3 is 0 Å². The predicted molar refractivity (Wildman–Crippen MR) is 258 cm³/mol. The normalized spacial score (nSPS) is 13.2. The summed E-state index contributed by atoms with van der Waals surface area (Å²) >= 11 is 4.61. The highest BCUT2D eigenvalue weighted by Crippen LogP contribution is 2.42. The molecular formula is C55H30BF24NOS. The molecule has 0 N–H and O–H groups in total. The number of thiol groups is 1. The number of hydrogen-bond donors (Lipinski definition) is 1. The minimum Gasteiger partial charge on any atom is -0.287 e. The molecule has 0 aliphatic heterocycles. The molecule has 7 aromatic carbocycles. The summed E-state index contributed by atoms with van der Waals surface area (Å²) in [6.07, 6.45) is -54.8. The van der Waals surface area contributed by atoms with Crippen molar-refractivity contribution < 1.29 is 115 Å². The maximum absolute atomic E-state index is 14.2. The van der Waals surface area contributed by atoms with Gasteiger partial charge in [0.1, 0.15) is 6.15 Å². The Labute approximate surface area is 456 Å². The first-order valence-electron chi connectivity index (χ1n) is 23.1. The van der Waals surface area contributed by atoms with E-state index in [9.17, 15) is 110 Å². The number of para-hydroxylation sites is 1. The van der Waals surface area contributed by atoms with Crippen LogP contribution in [0.5, 0.6) is 0 Å². The second-order valence-electron chi connectivity index (χ2n) is 18.4. The average molecular weight is 1220 g/mol. The van der Waals surface area contributed by atoms with Crippen LogP contribution in [0.3, 0.4) is 0 Å². The maximum atomic E-state index is 14.2. The Hall–Kier alpha value is -7.65. The maximum Gasteiger partial charge on any atom is 0.416 e. The van der Waals surface area contributed by atoms with E-state index in [-0.39, 0.29) is 12.3 Å². The molecule has 8 aromatic rings. The highest BCUT2D eigenvalue weighted by Gasteiger charge is 2.47. The Bertz CT molecular complexity index is 3270. The third kappa shape index (κ3) is 13.9. The minimum absolute atomic E-state index is 0.0878. The van der Waals surface area contributed by atoms with Crippen LogP contribution in [0.25, 0.3) is 22.2 Å². The molecule has 83 heavy (non-hydrogen) atoms. The lowest BCUT2D eigenvalue weighted by Gasteiger charge is -2.46. The van der Waals surface area contributed by atoms with E-state index in [2.05, 4.69) is 41.5 Å². The van der Waals surface area contributed by atoms with E-state index in [0.717, 1.165) is 32.6 Å². The van der Waals surface area contributed by atoms with Gasteiger partial charge in [0.05, 0.1) is 50.1 Å². The lowest BCUT2D eigenvalue weighted by Crippen LogP contribution is -2.75. The molecule has 1 aromatic heterocycles. The molecule has 8 rings (SSSR count). The molecule has 0 saturated carbocycles. The Morgan fingerprint density at radius 3 is 0.952 bits per heavy atom. The number of ketones is 1. The van der Waals surface area contributed by atoms with Crippen molar-refractivity contribution in [3.8, 4) is 11.3 Å². The Morgan fingerprint density at radius 1 is 0.349 bits per heavy atom. The molecule has 2 nitrogen and oxygen atoms in total. The van der Waals surface area contributed by atoms with Crippen LogP contribution < -0.4 is 26.4 Å². The summed E-state index contributed by atoms with van der Waals surface area (Å²) in [5, 5.41) is 1.11. The first kappa shape index (κ1) is 62.9. The van der Waals surface area contributed by atoms with Crippen LogP contribution >= 0.6 is 12.6 Å². The van der Waals surface area contributed by atoms with Crippen LogP contribution in [0.15, 0.2) is 169 Å². The van der Waals surface area contributed by atoms with Crippen molar-refractivity contribution in [1.82, 2.24) is 0 Å². The number of halogens is 24. The number of carbonyl (C=O) groups is 1. The fourth-order valence-corrected chi connectivity index (χ4v) is 9.56. The highest BCUT2D eigenvalue weighted by atomic mass is 32.1. The molecule has 1 heterocycles. The van der Waals surface area contributed by atoms with Crippen molar-refractivity contribution in [2.75, 3.05) is 0 Å². The summed E-state index contributed by atoms with van der Waals surface area (Å²) in [5.41, 5.74) is -26.4. The quantitative estimate of drug-likeness (QED) is 0.0529. The number of nitrogens with zero attached hydrogens (tertiary/aromatic N) is 1. The first-order chi connectivity index (χ1) is 38.0. The zero-order valence-electron chi connectivity index (χ0n) is 40.7. The van der Waals surface area contributed by atoms with Crippen LogP contribution in [0.4, 0.5) is 105 Å². The second-order valence-corrected chi connectivity index (χ2v) is 18.9. The molecule has 0 unspecified atom stereocenters. The summed E-state index contributed by atoms with van der Waals surface area (Å²) in [7, 11) is 0. The third-order valence-corrected chi connectivity index (χ3v) is 13.3. The summed E-state index contributed by atoms with van der Waals surface area (Å²) in [6, 6.07) is 20.9. The monoisotopic (exact) mass is 1220 g/mol. The van der Waals surface area contributed by atoms with Crippen LogP contribution in [-0.4, -0.2) is 11.9 Å². The molecule has 0 aliphatic rings. The first-order valence-corrected chi connectivity index (χ1v) is 23.6. The van der Waals surface area contributed by atoms with Gasteiger partial charge in [-0.3, -0.25) is 4.79 Å². The highest BCUT2D eigenvalue weighted by molar-refractivity contribution is 7.80. The van der Waals surface area contributed by atoms with E-state index in [4.69, 9.17) is 0 Å². The van der Waals surface area contributed by atoms with Gasteiger partial charge >= 0.3 is 49.4 Å². The fraction of sp³-hybridized carbons (Fsp3) is 0.164. The molecule has 0 aliphatic carbocycles. The van der Waals surface area contributed by atoms with Crippen molar-refractivity contribution in [2.24, 2.45) is 0 Å². The Kier molecular flexibility index (Phi) is 16.8. The van der Waals surface area contributed by atoms with E-state index < -0.39 is 195 Å². The van der Waals surface area contributed by atoms with Crippen molar-refractivity contribution in [1.29, 1.82) is 0 Å². The van der Waals surface area contributed by atoms with Crippen LogP contribution in [0.2, 0.25) is 0 Å². The summed E-state index contributed by atoms with van der Waals surface area (Å²) in [5.74, 6) is 0.0878. The zero-order valence-corrected chi connectivity index (χ0v) is 41.6. The molecule has 0 atom stereocenters. The third-order valence-electron chi connectivity index (χ3n) is 13.0. The van der Waals surface area contributed by atoms with E-state index >= 15 is 0 Å². The number of carbonyl (C=O) groups excluding carboxylic acids is 1. The molecule has 0 bridgehead atoms. The van der Waals surface area contributed by atoms with Gasteiger partial charge in [-0.05, 0) is 48.5 Å². The van der Waals surface area contributed by atoms with Crippen LogP contribution in [0.1, 0.15) is 54.9 Å². The summed E-state index contributed by atoms with van der Waals surface area (Å²) in [4.78, 5) is 13.8. The molecule has 0 fully saturated rings. The largest absolute Gasteiger partial charge is 0.416 e. The number of Topliss-reactive ketones (excluding diaryl/α,β-unsaturated/α-hetero) is 1. The number of fused-ring (bicyclic) bond motifs is 1. The van der Waals surface area contributed by atoms with Crippen LogP contribution in [-0.2, 0) is 56.0 Å². The minimum atomic E-state index is -6.13. The number of aromatic nitrogens is 1. The zero-order chi connectivity index (χ0) is 61.8. The molecule has 438 valence electrons. The average Bonchev–Trinajstić information content (AvgIpc) is 3.58. The predicted octanol–water partition coefficient (Wildman–Crippen LogP) is 16.2. The number of hydrogen-bond acceptors (Lipinski definition) is 2. The van der Waals surface area contributed by atoms with Gasteiger partial charge in [0.15, 0.2) is 0 Å². The number of pyridine rings is 1. The smallest absolute Gasteiger partial charge is 0.287 e. The van der Waals surface area contributed by atoms with E-state index in [0.29, 0.717) is 0 Å². The SMILES string of the molecule is FC(F)(F)c1cc([B-](c2cc(C(F)(F)F)cc(C(F)(F)F)c2)(c2cc(C(F)(F)F)cc(C(F)(F)F)c2)c2cc(C(F)(F)F)cc(C(F)(F)F)c2)cc(C(F)(F)F)c1.O=C(C[n+]1c(-c2ccccc2S)ccc2ccccc21)c1ccccc1. The number of benzene rings is 7. The van der Waals surface area contributed by atoms with Gasteiger partial charge in [-0.25, -0.2) is 0 Å². The second kappa shape index (κ2) is 22.2. The van der Waals surface area contributed by atoms with Crippen molar-refractivity contribution in [3.63, 3.8) is 0 Å². The summed E-state index contributed by atoms with van der Waals surface area (Å²) < 4.78 is 343. The van der Waals surface area contributed by atoms with Crippen LogP contribution in [0, 0.1) is 0 Å². The molecule has 0 spiro atoms. The Balaban J connectivity index is 0.000000313. The van der Waals surface area contributed by atoms with Crippen molar-refractivity contribution >= 4 is 57.3 Å². The van der Waals surface area contributed by atoms with E-state index in [1.807, 2.05) is 66.7 Å². The lowest BCUT2D eigenvalue weighted by molar-refractivity contribution is -0.646. The molecule has 0 radical (unpaired) electrons. The van der Waals surface area contributed by atoms with Gasteiger partial charge in [-0.2, -0.15) is 132 Å². The van der Waals surface area contributed by atoms with Crippen molar-refractivity contribution in [2.45, 2.75) is 60.9 Å². The summed E-state index contributed by atoms with van der Waals surface area (Å²) in [6.45, 7) is 0.281. The van der Waals surface area contributed by atoms with Gasteiger partial charge in [0.2, 0.25) is 23.5 Å². The fourth-order valence-electron chi connectivity index (χ4n) is 9.29. The standard InChI is InChI=1S/C32H12BF24.C23H17NOS/c34-25(35,36)13-1-14(26(37,38)39)6-21(5-13)33(22-7-15(27(40,41)42)2-16(8-22)28(43,44)45,23-9-17(29(46,47)48)3-18(10-23)30(49,50)51)24-11-19(31(52,53)54)4-20(12-24)32(55,56)57;25-22(18-9-2-1-3-10-18)16-24-20-12-6-4-8-17(20)14-15-21(24)19-11-5-7-13-23(19)26/h1-12H;1-15H,16H2/q-1;/p+1. The molecule has 0 amide bonds. The van der Waals surface area contributed by atoms with Gasteiger partial charge in [0, 0.05) is 28.0 Å². The molecule has 28 heteroatoms. The lowest BCUT2D eigenvalue weighted by atomic mass is 9.12. The van der Waals surface area contributed by atoms with E-state index in [1.54, 1.807) is 0 Å². The number of alkyl halides is 24.